The SMILES string of the molecule is CCC1CCCN1c1ncc(Br)cc1CNC(C)C. The average Bonchev–Trinajstić information content (AvgIpc) is 2.84. The minimum atomic E-state index is 0.493. The molecule has 19 heavy (non-hydrogen) atoms. The Morgan fingerprint density at radius 3 is 3.00 bits per heavy atom. The van der Waals surface area contributed by atoms with Crippen LogP contribution in [-0.4, -0.2) is 23.6 Å². The highest BCUT2D eigenvalue weighted by Gasteiger charge is 2.25. The van der Waals surface area contributed by atoms with E-state index in [4.69, 9.17) is 0 Å². The zero-order valence-electron chi connectivity index (χ0n) is 12.1. The molecule has 0 spiro atoms. The molecule has 0 aliphatic carbocycles. The van der Waals surface area contributed by atoms with Crippen molar-refractivity contribution in [2.75, 3.05) is 11.4 Å². The van der Waals surface area contributed by atoms with Gasteiger partial charge in [0.15, 0.2) is 0 Å². The van der Waals surface area contributed by atoms with Crippen LogP contribution in [0.2, 0.25) is 0 Å². The Balaban J connectivity index is 2.23. The number of nitrogens with zero attached hydrogens (tertiary/aromatic N) is 2. The molecule has 0 saturated carbocycles. The van der Waals surface area contributed by atoms with Gasteiger partial charge < -0.3 is 10.2 Å². The molecule has 0 radical (unpaired) electrons. The van der Waals surface area contributed by atoms with Gasteiger partial charge in [0.25, 0.3) is 0 Å². The van der Waals surface area contributed by atoms with Crippen molar-refractivity contribution in [2.45, 2.75) is 58.7 Å². The van der Waals surface area contributed by atoms with Gasteiger partial charge in [0.2, 0.25) is 0 Å². The highest BCUT2D eigenvalue weighted by atomic mass is 79.9. The minimum Gasteiger partial charge on any atom is -0.353 e. The van der Waals surface area contributed by atoms with E-state index >= 15 is 0 Å². The molecule has 1 saturated heterocycles. The van der Waals surface area contributed by atoms with E-state index in [1.165, 1.54) is 30.6 Å². The number of hydrogen-bond donors (Lipinski definition) is 1. The molecule has 1 fully saturated rings. The molecular weight excluding hydrogens is 302 g/mol. The van der Waals surface area contributed by atoms with Crippen LogP contribution in [0.1, 0.15) is 45.6 Å². The Kier molecular flexibility index (Phi) is 5.22. The summed E-state index contributed by atoms with van der Waals surface area (Å²) in [5.41, 5.74) is 1.29. The van der Waals surface area contributed by atoms with Crippen LogP contribution in [0.4, 0.5) is 5.82 Å². The zero-order valence-corrected chi connectivity index (χ0v) is 13.7. The van der Waals surface area contributed by atoms with Crippen molar-refractivity contribution < 1.29 is 0 Å². The molecule has 0 bridgehead atoms. The van der Waals surface area contributed by atoms with Crippen molar-refractivity contribution in [3.05, 3.63) is 22.3 Å². The van der Waals surface area contributed by atoms with Crippen molar-refractivity contribution in [3.8, 4) is 0 Å². The molecule has 1 unspecified atom stereocenters. The monoisotopic (exact) mass is 325 g/mol. The summed E-state index contributed by atoms with van der Waals surface area (Å²) in [7, 11) is 0. The fourth-order valence-corrected chi connectivity index (χ4v) is 3.09. The highest BCUT2D eigenvalue weighted by molar-refractivity contribution is 9.10. The van der Waals surface area contributed by atoms with Gasteiger partial charge in [0.1, 0.15) is 5.82 Å². The van der Waals surface area contributed by atoms with Crippen LogP contribution in [-0.2, 0) is 6.54 Å². The van der Waals surface area contributed by atoms with Crippen LogP contribution >= 0.6 is 15.9 Å². The fourth-order valence-electron chi connectivity index (χ4n) is 2.72. The van der Waals surface area contributed by atoms with E-state index in [-0.39, 0.29) is 0 Å². The first-order valence-electron chi connectivity index (χ1n) is 7.26. The maximum Gasteiger partial charge on any atom is 0.133 e. The second-order valence-corrected chi connectivity index (χ2v) is 6.49. The Hall–Kier alpha value is -0.610. The third kappa shape index (κ3) is 3.69. The van der Waals surface area contributed by atoms with Crippen molar-refractivity contribution >= 4 is 21.7 Å². The summed E-state index contributed by atoms with van der Waals surface area (Å²) < 4.78 is 1.06. The summed E-state index contributed by atoms with van der Waals surface area (Å²) in [6.45, 7) is 8.65. The van der Waals surface area contributed by atoms with Crippen molar-refractivity contribution in [2.24, 2.45) is 0 Å². The quantitative estimate of drug-likeness (QED) is 0.894. The van der Waals surface area contributed by atoms with E-state index in [1.54, 1.807) is 0 Å². The molecule has 3 nitrogen and oxygen atoms in total. The van der Waals surface area contributed by atoms with Crippen molar-refractivity contribution in [1.82, 2.24) is 10.3 Å². The normalized spacial score (nSPS) is 19.4. The number of hydrogen-bond acceptors (Lipinski definition) is 3. The summed E-state index contributed by atoms with van der Waals surface area (Å²) in [5.74, 6) is 1.17. The van der Waals surface area contributed by atoms with Gasteiger partial charge >= 0.3 is 0 Å². The van der Waals surface area contributed by atoms with E-state index in [1.807, 2.05) is 6.20 Å². The van der Waals surface area contributed by atoms with Gasteiger partial charge in [-0.3, -0.25) is 0 Å². The summed E-state index contributed by atoms with van der Waals surface area (Å²) in [6.07, 6.45) is 5.70. The molecule has 0 amide bonds. The smallest absolute Gasteiger partial charge is 0.133 e. The summed E-state index contributed by atoms with van der Waals surface area (Å²) in [5, 5.41) is 3.50. The largest absolute Gasteiger partial charge is 0.353 e. The maximum absolute atomic E-state index is 4.68. The Morgan fingerprint density at radius 2 is 2.32 bits per heavy atom. The molecule has 0 aromatic carbocycles. The molecule has 1 aromatic rings. The molecule has 1 N–H and O–H groups in total. The summed E-state index contributed by atoms with van der Waals surface area (Å²) >= 11 is 3.54. The third-order valence-corrected chi connectivity index (χ3v) is 4.16. The number of pyridine rings is 1. The average molecular weight is 326 g/mol. The summed E-state index contributed by atoms with van der Waals surface area (Å²) in [4.78, 5) is 7.17. The molecule has 4 heteroatoms. The zero-order chi connectivity index (χ0) is 13.8. The van der Waals surface area contributed by atoms with Gasteiger partial charge in [-0.25, -0.2) is 4.98 Å². The Bertz CT molecular complexity index is 420. The van der Waals surface area contributed by atoms with E-state index in [0.717, 1.165) is 17.6 Å². The van der Waals surface area contributed by atoms with Gasteiger partial charge in [-0.1, -0.05) is 20.8 Å². The van der Waals surface area contributed by atoms with Gasteiger partial charge in [0.05, 0.1) is 0 Å². The van der Waals surface area contributed by atoms with Crippen molar-refractivity contribution in [3.63, 3.8) is 0 Å². The second kappa shape index (κ2) is 6.71. The van der Waals surface area contributed by atoms with E-state index in [2.05, 4.69) is 58.0 Å². The Labute approximate surface area is 124 Å². The topological polar surface area (TPSA) is 28.2 Å². The molecular formula is C15H24BrN3. The number of halogens is 1. The molecule has 1 aromatic heterocycles. The molecule has 106 valence electrons. The van der Waals surface area contributed by atoms with Crippen LogP contribution < -0.4 is 10.2 Å². The molecule has 2 heterocycles. The van der Waals surface area contributed by atoms with Crippen LogP contribution in [0.5, 0.6) is 0 Å². The van der Waals surface area contributed by atoms with Crippen LogP contribution in [0.15, 0.2) is 16.7 Å². The third-order valence-electron chi connectivity index (χ3n) is 3.73. The predicted octanol–water partition coefficient (Wildman–Crippen LogP) is 3.72. The highest BCUT2D eigenvalue weighted by Crippen LogP contribution is 2.29. The molecule has 1 aliphatic heterocycles. The standard InChI is InChI=1S/C15H24BrN3/c1-4-14-6-5-7-19(14)15-12(9-17-11(2)3)8-13(16)10-18-15/h8,10-11,14,17H,4-7,9H2,1-3H3. The predicted molar refractivity (Wildman–Crippen MR) is 84.6 cm³/mol. The number of aromatic nitrogens is 1. The second-order valence-electron chi connectivity index (χ2n) is 5.57. The van der Waals surface area contributed by atoms with E-state index < -0.39 is 0 Å². The molecule has 1 aliphatic rings. The van der Waals surface area contributed by atoms with E-state index in [0.29, 0.717) is 12.1 Å². The maximum atomic E-state index is 4.68. The van der Waals surface area contributed by atoms with Crippen LogP contribution in [0, 0.1) is 0 Å². The van der Waals surface area contributed by atoms with Crippen LogP contribution in [0.25, 0.3) is 0 Å². The lowest BCUT2D eigenvalue weighted by Gasteiger charge is -2.27. The van der Waals surface area contributed by atoms with Gasteiger partial charge in [-0.15, -0.1) is 0 Å². The van der Waals surface area contributed by atoms with Gasteiger partial charge in [-0.2, -0.15) is 0 Å². The van der Waals surface area contributed by atoms with E-state index in [9.17, 15) is 0 Å². The van der Waals surface area contributed by atoms with Gasteiger partial charge in [0, 0.05) is 41.4 Å². The van der Waals surface area contributed by atoms with Crippen molar-refractivity contribution in [1.29, 1.82) is 0 Å². The molecule has 2 rings (SSSR count). The first kappa shape index (κ1) is 14.8. The number of anilines is 1. The van der Waals surface area contributed by atoms with Gasteiger partial charge in [-0.05, 0) is 41.3 Å². The fraction of sp³-hybridized carbons (Fsp3) is 0.667. The first-order chi connectivity index (χ1) is 9.11. The lowest BCUT2D eigenvalue weighted by Crippen LogP contribution is -2.31. The number of nitrogens with one attached hydrogen (secondary N) is 1. The lowest BCUT2D eigenvalue weighted by molar-refractivity contribution is 0.583. The minimum absolute atomic E-state index is 0.493. The molecule has 1 atom stereocenters. The first-order valence-corrected chi connectivity index (χ1v) is 8.05. The lowest BCUT2D eigenvalue weighted by atomic mass is 10.1. The number of rotatable bonds is 5. The van der Waals surface area contributed by atoms with Crippen LogP contribution in [0.3, 0.4) is 0 Å². The Morgan fingerprint density at radius 1 is 1.53 bits per heavy atom. The summed E-state index contributed by atoms with van der Waals surface area (Å²) in [6, 6.07) is 3.35.